The van der Waals surface area contributed by atoms with Gasteiger partial charge in [0.05, 0.1) is 4.88 Å². The fourth-order valence-electron chi connectivity index (χ4n) is 2.09. The van der Waals surface area contributed by atoms with Gasteiger partial charge in [0.15, 0.2) is 0 Å². The smallest absolute Gasteiger partial charge is 0.130 e. The van der Waals surface area contributed by atoms with Crippen LogP contribution >= 0.6 is 22.7 Å². The van der Waals surface area contributed by atoms with Crippen LogP contribution in [0.25, 0.3) is 29.9 Å². The van der Waals surface area contributed by atoms with Crippen molar-refractivity contribution in [3.8, 4) is 6.07 Å². The molecule has 3 rings (SSSR count). The van der Waals surface area contributed by atoms with Crippen molar-refractivity contribution in [3.63, 3.8) is 0 Å². The SMILES string of the molecule is N#CC(=C=N)c1ccc(/C=C/c2ccc(/C=C/c3ccncc3)s2)s1. The fraction of sp³-hybridized carbons (Fsp3) is 0. The Morgan fingerprint density at radius 2 is 1.48 bits per heavy atom. The van der Waals surface area contributed by atoms with Gasteiger partial charge in [-0.1, -0.05) is 6.08 Å². The average molecular weight is 359 g/mol. The number of aromatic nitrogens is 1. The van der Waals surface area contributed by atoms with E-state index in [2.05, 4.69) is 41.2 Å². The Balaban J connectivity index is 1.69. The minimum absolute atomic E-state index is 0.268. The molecule has 0 aliphatic rings. The Kier molecular flexibility index (Phi) is 5.50. The first-order chi connectivity index (χ1) is 12.3. The molecule has 0 atom stereocenters. The van der Waals surface area contributed by atoms with Gasteiger partial charge in [-0.2, -0.15) is 5.26 Å². The second kappa shape index (κ2) is 8.18. The van der Waals surface area contributed by atoms with Crippen LogP contribution in [0.15, 0.2) is 48.8 Å². The lowest BCUT2D eigenvalue weighted by Crippen LogP contribution is -1.72. The van der Waals surface area contributed by atoms with Crippen LogP contribution in [0.4, 0.5) is 0 Å². The molecule has 0 aromatic carbocycles. The summed E-state index contributed by atoms with van der Waals surface area (Å²) >= 11 is 3.19. The molecule has 0 unspecified atom stereocenters. The molecule has 0 fully saturated rings. The topological polar surface area (TPSA) is 60.5 Å². The predicted octanol–water partition coefficient (Wildman–Crippen LogP) is 5.70. The van der Waals surface area contributed by atoms with Gasteiger partial charge in [-0.3, -0.25) is 10.4 Å². The van der Waals surface area contributed by atoms with Crippen molar-refractivity contribution in [3.05, 3.63) is 73.9 Å². The zero-order valence-electron chi connectivity index (χ0n) is 13.1. The number of hydrogen-bond donors (Lipinski definition) is 1. The Hall–Kier alpha value is -3.03. The van der Waals surface area contributed by atoms with Crippen LogP contribution in [0.3, 0.4) is 0 Å². The number of nitrogens with zero attached hydrogens (tertiary/aromatic N) is 2. The molecule has 0 aliphatic heterocycles. The molecule has 3 aromatic heterocycles. The van der Waals surface area contributed by atoms with E-state index in [0.29, 0.717) is 0 Å². The number of pyridine rings is 1. The van der Waals surface area contributed by atoms with Gasteiger partial charge in [0.1, 0.15) is 11.6 Å². The Morgan fingerprint density at radius 3 is 2.12 bits per heavy atom. The summed E-state index contributed by atoms with van der Waals surface area (Å²) in [5.41, 5.74) is 1.39. The van der Waals surface area contributed by atoms with Gasteiger partial charge in [0, 0.05) is 27.0 Å². The highest BCUT2D eigenvalue weighted by Crippen LogP contribution is 2.26. The van der Waals surface area contributed by atoms with E-state index in [1.54, 1.807) is 23.7 Å². The minimum Gasteiger partial charge on any atom is -0.265 e. The molecular formula is C20H13N3S2. The number of allylic oxidation sites excluding steroid dienone is 1. The maximum absolute atomic E-state index is 8.94. The molecule has 0 amide bonds. The number of thiophene rings is 2. The molecule has 0 aliphatic carbocycles. The van der Waals surface area contributed by atoms with E-state index >= 15 is 0 Å². The van der Waals surface area contributed by atoms with E-state index in [4.69, 9.17) is 10.7 Å². The van der Waals surface area contributed by atoms with Crippen LogP contribution in [0.2, 0.25) is 0 Å². The van der Waals surface area contributed by atoms with E-state index in [1.807, 2.05) is 36.4 Å². The van der Waals surface area contributed by atoms with Gasteiger partial charge < -0.3 is 0 Å². The van der Waals surface area contributed by atoms with Gasteiger partial charge in [0.25, 0.3) is 0 Å². The first kappa shape index (κ1) is 16.8. The molecule has 0 saturated heterocycles. The van der Waals surface area contributed by atoms with Crippen molar-refractivity contribution in [2.24, 2.45) is 0 Å². The Morgan fingerprint density at radius 1 is 0.880 bits per heavy atom. The van der Waals surface area contributed by atoms with Gasteiger partial charge in [-0.05, 0) is 66.1 Å². The van der Waals surface area contributed by atoms with Crippen molar-refractivity contribution in [1.82, 2.24) is 4.98 Å². The third-order valence-corrected chi connectivity index (χ3v) is 5.40. The first-order valence-electron chi connectivity index (χ1n) is 7.44. The van der Waals surface area contributed by atoms with E-state index in [0.717, 1.165) is 20.2 Å². The van der Waals surface area contributed by atoms with E-state index in [1.165, 1.54) is 16.2 Å². The molecule has 0 bridgehead atoms. The summed E-state index contributed by atoms with van der Waals surface area (Å²) in [5.74, 6) is 2.17. The van der Waals surface area contributed by atoms with Gasteiger partial charge in [-0.25, -0.2) is 0 Å². The van der Waals surface area contributed by atoms with Crippen LogP contribution in [0.5, 0.6) is 0 Å². The molecule has 0 saturated carbocycles. The molecule has 0 radical (unpaired) electrons. The van der Waals surface area contributed by atoms with E-state index < -0.39 is 0 Å². The molecule has 5 heteroatoms. The number of nitriles is 1. The zero-order valence-corrected chi connectivity index (χ0v) is 14.8. The minimum atomic E-state index is 0.268. The highest BCUT2D eigenvalue weighted by atomic mass is 32.1. The lowest BCUT2D eigenvalue weighted by Gasteiger charge is -1.89. The third-order valence-electron chi connectivity index (χ3n) is 3.32. The van der Waals surface area contributed by atoms with Crippen molar-refractivity contribution >= 4 is 58.4 Å². The Labute approximate surface area is 154 Å². The van der Waals surface area contributed by atoms with E-state index in [9.17, 15) is 0 Å². The van der Waals surface area contributed by atoms with Gasteiger partial charge in [-0.15, -0.1) is 22.7 Å². The number of rotatable bonds is 5. The third kappa shape index (κ3) is 4.50. The standard InChI is InChI=1S/C20H13N3S2/c21-13-16(14-22)20-8-7-19(25-20)6-5-18-4-3-17(24-18)2-1-15-9-11-23-12-10-15/h1-12,21H/b2-1+,6-5+. The van der Waals surface area contributed by atoms with Crippen molar-refractivity contribution < 1.29 is 0 Å². The molecular weight excluding hydrogens is 346 g/mol. The quantitative estimate of drug-likeness (QED) is 0.469. The van der Waals surface area contributed by atoms with Crippen molar-refractivity contribution in [2.45, 2.75) is 0 Å². The summed E-state index contributed by atoms with van der Waals surface area (Å²) in [7, 11) is 0. The highest BCUT2D eigenvalue weighted by molar-refractivity contribution is 7.15. The normalized spacial score (nSPS) is 10.8. The average Bonchev–Trinajstić information content (AvgIpc) is 3.30. The predicted molar refractivity (Wildman–Crippen MR) is 107 cm³/mol. The molecule has 120 valence electrons. The largest absolute Gasteiger partial charge is 0.265 e. The molecule has 3 nitrogen and oxygen atoms in total. The highest BCUT2D eigenvalue weighted by Gasteiger charge is 2.03. The second-order valence-electron chi connectivity index (χ2n) is 5.00. The van der Waals surface area contributed by atoms with Crippen molar-refractivity contribution in [2.75, 3.05) is 0 Å². The lowest BCUT2D eigenvalue weighted by molar-refractivity contribution is 1.32. The lowest BCUT2D eigenvalue weighted by atomic mass is 10.2. The Bertz CT molecular complexity index is 1010. The number of nitrogens with one attached hydrogen (secondary N) is 1. The summed E-state index contributed by atoms with van der Waals surface area (Å²) < 4.78 is 0. The maximum Gasteiger partial charge on any atom is 0.130 e. The zero-order chi connectivity index (χ0) is 17.5. The van der Waals surface area contributed by atoms with Gasteiger partial charge in [0.2, 0.25) is 0 Å². The summed E-state index contributed by atoms with van der Waals surface area (Å²) in [5, 5.41) is 16.1. The van der Waals surface area contributed by atoms with Crippen LogP contribution in [0, 0.1) is 16.7 Å². The molecule has 0 spiro atoms. The summed E-state index contributed by atoms with van der Waals surface area (Å²) in [6, 6.07) is 13.9. The van der Waals surface area contributed by atoms with E-state index in [-0.39, 0.29) is 5.57 Å². The summed E-state index contributed by atoms with van der Waals surface area (Å²) in [6.45, 7) is 0. The van der Waals surface area contributed by atoms with Crippen LogP contribution in [0.1, 0.15) is 25.1 Å². The van der Waals surface area contributed by atoms with Gasteiger partial charge >= 0.3 is 0 Å². The van der Waals surface area contributed by atoms with Crippen LogP contribution in [-0.2, 0) is 0 Å². The summed E-state index contributed by atoms with van der Waals surface area (Å²) in [4.78, 5) is 8.16. The van der Waals surface area contributed by atoms with Crippen LogP contribution < -0.4 is 0 Å². The first-order valence-corrected chi connectivity index (χ1v) is 9.08. The second-order valence-corrected chi connectivity index (χ2v) is 7.26. The maximum atomic E-state index is 8.94. The number of hydrogen-bond acceptors (Lipinski definition) is 5. The van der Waals surface area contributed by atoms with Crippen molar-refractivity contribution in [1.29, 1.82) is 10.7 Å². The van der Waals surface area contributed by atoms with Crippen LogP contribution in [-0.4, -0.2) is 10.9 Å². The molecule has 3 aromatic rings. The molecule has 3 heterocycles. The molecule has 25 heavy (non-hydrogen) atoms. The summed E-state index contributed by atoms with van der Waals surface area (Å²) in [6.07, 6.45) is 11.8. The molecule has 1 N–H and O–H groups in total. The monoisotopic (exact) mass is 359 g/mol. The fourth-order valence-corrected chi connectivity index (χ4v) is 3.76.